The Morgan fingerprint density at radius 1 is 1.36 bits per heavy atom. The van der Waals surface area contributed by atoms with E-state index in [4.69, 9.17) is 5.73 Å². The van der Waals surface area contributed by atoms with Crippen molar-refractivity contribution in [3.8, 4) is 0 Å². The molecule has 0 unspecified atom stereocenters. The summed E-state index contributed by atoms with van der Waals surface area (Å²) in [6.07, 6.45) is 1.86. The summed E-state index contributed by atoms with van der Waals surface area (Å²) >= 11 is 3.42. The van der Waals surface area contributed by atoms with E-state index in [0.29, 0.717) is 19.4 Å². The Morgan fingerprint density at radius 2 is 2.07 bits per heavy atom. The van der Waals surface area contributed by atoms with Crippen LogP contribution < -0.4 is 5.73 Å². The summed E-state index contributed by atoms with van der Waals surface area (Å²) in [6, 6.07) is 7.80. The van der Waals surface area contributed by atoms with Crippen LogP contribution >= 0.6 is 15.9 Å². The summed E-state index contributed by atoms with van der Waals surface area (Å²) in [6.45, 7) is 0.585. The summed E-state index contributed by atoms with van der Waals surface area (Å²) in [5.74, 6) is 0.252. The molecule has 0 saturated heterocycles. The zero-order chi connectivity index (χ0) is 10.4. The molecule has 0 amide bonds. The number of nitrogens with two attached hydrogens (primary N) is 1. The van der Waals surface area contributed by atoms with Gasteiger partial charge in [0.2, 0.25) is 0 Å². The van der Waals surface area contributed by atoms with Gasteiger partial charge in [-0.1, -0.05) is 34.1 Å². The Morgan fingerprint density at radius 3 is 2.71 bits per heavy atom. The van der Waals surface area contributed by atoms with Crippen LogP contribution in [0.4, 0.5) is 0 Å². The molecule has 0 radical (unpaired) electrons. The molecule has 1 rings (SSSR count). The van der Waals surface area contributed by atoms with Gasteiger partial charge < -0.3 is 5.73 Å². The van der Waals surface area contributed by atoms with Gasteiger partial charge in [0.1, 0.15) is 5.78 Å². The molecule has 0 spiro atoms. The van der Waals surface area contributed by atoms with Gasteiger partial charge in [0, 0.05) is 17.3 Å². The largest absolute Gasteiger partial charge is 0.330 e. The zero-order valence-corrected chi connectivity index (χ0v) is 9.59. The maximum atomic E-state index is 11.4. The standard InChI is InChI=1S/C11H14BrNO/c12-11-6-2-1-4-9(11)8-10(14)5-3-7-13/h1-2,4,6H,3,5,7-8,13H2. The van der Waals surface area contributed by atoms with E-state index in [1.54, 1.807) is 0 Å². The van der Waals surface area contributed by atoms with Crippen molar-refractivity contribution in [2.24, 2.45) is 5.73 Å². The predicted octanol–water partition coefficient (Wildman–Crippen LogP) is 2.30. The number of halogens is 1. The van der Waals surface area contributed by atoms with Crippen LogP contribution in [-0.4, -0.2) is 12.3 Å². The Labute approximate surface area is 92.6 Å². The number of benzene rings is 1. The maximum Gasteiger partial charge on any atom is 0.137 e. The minimum absolute atomic E-state index is 0.252. The van der Waals surface area contributed by atoms with Crippen molar-refractivity contribution in [3.05, 3.63) is 34.3 Å². The summed E-state index contributed by atoms with van der Waals surface area (Å²) in [4.78, 5) is 11.4. The normalized spacial score (nSPS) is 10.1. The molecule has 2 N–H and O–H groups in total. The number of rotatable bonds is 5. The zero-order valence-electron chi connectivity index (χ0n) is 8.00. The van der Waals surface area contributed by atoms with E-state index in [2.05, 4.69) is 15.9 Å². The van der Waals surface area contributed by atoms with Crippen molar-refractivity contribution in [1.29, 1.82) is 0 Å². The van der Waals surface area contributed by atoms with Gasteiger partial charge in [0.05, 0.1) is 0 Å². The molecule has 0 fully saturated rings. The van der Waals surface area contributed by atoms with Crippen LogP contribution in [0.2, 0.25) is 0 Å². The quantitative estimate of drug-likeness (QED) is 0.878. The fraction of sp³-hybridized carbons (Fsp3) is 0.364. The Bertz CT molecular complexity index is 312. The third kappa shape index (κ3) is 3.60. The van der Waals surface area contributed by atoms with Gasteiger partial charge >= 0.3 is 0 Å². The first-order valence-electron chi connectivity index (χ1n) is 4.69. The topological polar surface area (TPSA) is 43.1 Å². The second kappa shape index (κ2) is 5.94. The highest BCUT2D eigenvalue weighted by Crippen LogP contribution is 2.16. The minimum Gasteiger partial charge on any atom is -0.330 e. The van der Waals surface area contributed by atoms with E-state index in [0.717, 1.165) is 16.5 Å². The van der Waals surface area contributed by atoms with Crippen LogP contribution in [-0.2, 0) is 11.2 Å². The van der Waals surface area contributed by atoms with E-state index >= 15 is 0 Å². The number of ketones is 1. The molecule has 0 saturated carbocycles. The lowest BCUT2D eigenvalue weighted by atomic mass is 10.1. The molecule has 0 aliphatic rings. The average molecular weight is 256 g/mol. The molecule has 3 heteroatoms. The molecule has 1 aromatic carbocycles. The highest BCUT2D eigenvalue weighted by molar-refractivity contribution is 9.10. The molecule has 76 valence electrons. The molecule has 0 aliphatic carbocycles. The lowest BCUT2D eigenvalue weighted by molar-refractivity contribution is -0.118. The van der Waals surface area contributed by atoms with Crippen molar-refractivity contribution in [2.75, 3.05) is 6.54 Å². The molecule has 0 aromatic heterocycles. The van der Waals surface area contributed by atoms with Gasteiger partial charge in [-0.2, -0.15) is 0 Å². The van der Waals surface area contributed by atoms with Gasteiger partial charge in [0.25, 0.3) is 0 Å². The van der Waals surface area contributed by atoms with E-state index in [1.807, 2.05) is 24.3 Å². The Kier molecular flexibility index (Phi) is 4.84. The highest BCUT2D eigenvalue weighted by Gasteiger charge is 2.05. The van der Waals surface area contributed by atoms with E-state index in [-0.39, 0.29) is 5.78 Å². The number of carbonyl (C=O) groups is 1. The van der Waals surface area contributed by atoms with E-state index in [1.165, 1.54) is 0 Å². The minimum atomic E-state index is 0.252. The van der Waals surface area contributed by atoms with Crippen molar-refractivity contribution in [1.82, 2.24) is 0 Å². The summed E-state index contributed by atoms with van der Waals surface area (Å²) in [5, 5.41) is 0. The molecular weight excluding hydrogens is 242 g/mol. The molecular formula is C11H14BrNO. The van der Waals surface area contributed by atoms with Gasteiger partial charge in [-0.05, 0) is 24.6 Å². The van der Waals surface area contributed by atoms with Crippen molar-refractivity contribution in [3.63, 3.8) is 0 Å². The van der Waals surface area contributed by atoms with Gasteiger partial charge in [-0.3, -0.25) is 4.79 Å². The van der Waals surface area contributed by atoms with Crippen molar-refractivity contribution in [2.45, 2.75) is 19.3 Å². The molecule has 1 aromatic rings. The lowest BCUT2D eigenvalue weighted by Crippen LogP contribution is -2.07. The second-order valence-corrected chi connectivity index (χ2v) is 4.05. The van der Waals surface area contributed by atoms with Gasteiger partial charge in [-0.25, -0.2) is 0 Å². The van der Waals surface area contributed by atoms with E-state index < -0.39 is 0 Å². The van der Waals surface area contributed by atoms with Crippen LogP contribution in [0.15, 0.2) is 28.7 Å². The predicted molar refractivity (Wildman–Crippen MR) is 61.1 cm³/mol. The molecule has 0 heterocycles. The molecule has 14 heavy (non-hydrogen) atoms. The highest BCUT2D eigenvalue weighted by atomic mass is 79.9. The number of hydrogen-bond donors (Lipinski definition) is 1. The SMILES string of the molecule is NCCCC(=O)Cc1ccccc1Br. The average Bonchev–Trinajstić information content (AvgIpc) is 2.18. The molecule has 0 bridgehead atoms. The van der Waals surface area contributed by atoms with Crippen molar-refractivity contribution >= 4 is 21.7 Å². The monoisotopic (exact) mass is 255 g/mol. The molecule has 2 nitrogen and oxygen atoms in total. The molecule has 0 atom stereocenters. The maximum absolute atomic E-state index is 11.4. The first-order valence-corrected chi connectivity index (χ1v) is 5.48. The van der Waals surface area contributed by atoms with Crippen LogP contribution in [0.25, 0.3) is 0 Å². The fourth-order valence-corrected chi connectivity index (χ4v) is 1.67. The number of hydrogen-bond acceptors (Lipinski definition) is 2. The summed E-state index contributed by atoms with van der Waals surface area (Å²) in [5.41, 5.74) is 6.39. The fourth-order valence-electron chi connectivity index (χ4n) is 1.24. The first-order chi connectivity index (χ1) is 6.74. The van der Waals surface area contributed by atoms with E-state index in [9.17, 15) is 4.79 Å². The lowest BCUT2D eigenvalue weighted by Gasteiger charge is -2.02. The van der Waals surface area contributed by atoms with Crippen LogP contribution in [0.5, 0.6) is 0 Å². The Balaban J connectivity index is 2.52. The third-order valence-corrected chi connectivity index (χ3v) is 2.78. The summed E-state index contributed by atoms with van der Waals surface area (Å²) in [7, 11) is 0. The Hall–Kier alpha value is -0.670. The number of carbonyl (C=O) groups excluding carboxylic acids is 1. The van der Waals surface area contributed by atoms with Crippen LogP contribution in [0.3, 0.4) is 0 Å². The summed E-state index contributed by atoms with van der Waals surface area (Å²) < 4.78 is 1.00. The molecule has 0 aliphatic heterocycles. The van der Waals surface area contributed by atoms with Crippen LogP contribution in [0.1, 0.15) is 18.4 Å². The number of Topliss-reactive ketones (excluding diaryl/α,β-unsaturated/α-hetero) is 1. The van der Waals surface area contributed by atoms with Crippen molar-refractivity contribution < 1.29 is 4.79 Å². The van der Waals surface area contributed by atoms with Crippen LogP contribution in [0, 0.1) is 0 Å². The van der Waals surface area contributed by atoms with Gasteiger partial charge in [-0.15, -0.1) is 0 Å². The third-order valence-electron chi connectivity index (χ3n) is 2.01. The first kappa shape index (κ1) is 11.4. The van der Waals surface area contributed by atoms with Gasteiger partial charge in [0.15, 0.2) is 0 Å². The smallest absolute Gasteiger partial charge is 0.137 e. The second-order valence-electron chi connectivity index (χ2n) is 3.20.